The van der Waals surface area contributed by atoms with Gasteiger partial charge in [0.1, 0.15) is 5.69 Å². The standard InChI is InChI=1S/C14H9ClF3N3O4/c1-20-9(14(16,17)18)4-10(22)21(13(20)24)5-6-2-7(15)3-8-11(6)25-12(23)19-8/h2-4H,5H2,1H3,(H,19,23). The number of fused-ring (bicyclic) bond motifs is 1. The molecule has 0 radical (unpaired) electrons. The van der Waals surface area contributed by atoms with Crippen LogP contribution in [0, 0.1) is 0 Å². The van der Waals surface area contributed by atoms with Gasteiger partial charge in [-0.2, -0.15) is 13.2 Å². The maximum atomic E-state index is 12.9. The Morgan fingerprint density at radius 3 is 2.52 bits per heavy atom. The molecule has 0 atom stereocenters. The first-order valence-corrected chi connectivity index (χ1v) is 7.15. The first kappa shape index (κ1) is 17.1. The van der Waals surface area contributed by atoms with E-state index < -0.39 is 35.4 Å². The molecule has 1 N–H and O–H groups in total. The molecule has 0 unspecified atom stereocenters. The third-order valence-corrected chi connectivity index (χ3v) is 3.80. The molecule has 2 aromatic heterocycles. The molecule has 0 bridgehead atoms. The van der Waals surface area contributed by atoms with Crippen LogP contribution in [0.5, 0.6) is 0 Å². The summed E-state index contributed by atoms with van der Waals surface area (Å²) in [5, 5.41) is 0.191. The van der Waals surface area contributed by atoms with Crippen molar-refractivity contribution in [1.82, 2.24) is 14.1 Å². The number of hydrogen-bond acceptors (Lipinski definition) is 4. The van der Waals surface area contributed by atoms with Gasteiger partial charge in [-0.3, -0.25) is 18.9 Å². The lowest BCUT2D eigenvalue weighted by molar-refractivity contribution is -0.144. The summed E-state index contributed by atoms with van der Waals surface area (Å²) in [5.41, 5.74) is -3.16. The van der Waals surface area contributed by atoms with Crippen LogP contribution in [0.25, 0.3) is 11.1 Å². The number of nitrogens with one attached hydrogen (secondary N) is 1. The van der Waals surface area contributed by atoms with Crippen molar-refractivity contribution < 1.29 is 17.6 Å². The van der Waals surface area contributed by atoms with Crippen LogP contribution in [0.2, 0.25) is 5.02 Å². The van der Waals surface area contributed by atoms with Crippen LogP contribution in [0.15, 0.2) is 37.0 Å². The van der Waals surface area contributed by atoms with Crippen LogP contribution >= 0.6 is 11.6 Å². The minimum atomic E-state index is -4.84. The highest BCUT2D eigenvalue weighted by Gasteiger charge is 2.35. The molecule has 0 spiro atoms. The van der Waals surface area contributed by atoms with E-state index in [9.17, 15) is 27.6 Å². The molecule has 0 aliphatic carbocycles. The molecule has 0 saturated heterocycles. The van der Waals surface area contributed by atoms with Crippen molar-refractivity contribution in [2.75, 3.05) is 0 Å². The molecule has 1 aromatic carbocycles. The van der Waals surface area contributed by atoms with E-state index in [1.54, 1.807) is 0 Å². The van der Waals surface area contributed by atoms with Gasteiger partial charge in [0.25, 0.3) is 5.56 Å². The van der Waals surface area contributed by atoms with Crippen LogP contribution < -0.4 is 17.0 Å². The molecule has 0 amide bonds. The van der Waals surface area contributed by atoms with Crippen molar-refractivity contribution in [2.24, 2.45) is 7.05 Å². The van der Waals surface area contributed by atoms with Crippen LogP contribution in [-0.2, 0) is 19.8 Å². The molecule has 0 saturated carbocycles. The van der Waals surface area contributed by atoms with Gasteiger partial charge < -0.3 is 4.42 Å². The molecule has 132 valence electrons. The fourth-order valence-electron chi connectivity index (χ4n) is 2.47. The van der Waals surface area contributed by atoms with Crippen molar-refractivity contribution in [1.29, 1.82) is 0 Å². The topological polar surface area (TPSA) is 90.0 Å². The zero-order valence-electron chi connectivity index (χ0n) is 12.5. The zero-order chi connectivity index (χ0) is 18.5. The smallest absolute Gasteiger partial charge is 0.407 e. The number of hydrogen-bond donors (Lipinski definition) is 1. The van der Waals surface area contributed by atoms with E-state index in [0.717, 1.165) is 7.05 Å². The number of nitrogens with zero attached hydrogens (tertiary/aromatic N) is 2. The van der Waals surface area contributed by atoms with Crippen LogP contribution in [-0.4, -0.2) is 14.1 Å². The lowest BCUT2D eigenvalue weighted by Gasteiger charge is -2.14. The van der Waals surface area contributed by atoms with Crippen LogP contribution in [0.1, 0.15) is 11.3 Å². The summed E-state index contributed by atoms with van der Waals surface area (Å²) >= 11 is 5.91. The summed E-state index contributed by atoms with van der Waals surface area (Å²) in [6.45, 7) is -0.415. The summed E-state index contributed by atoms with van der Waals surface area (Å²) in [6.07, 6.45) is -4.84. The Morgan fingerprint density at radius 1 is 1.20 bits per heavy atom. The second-order valence-electron chi connectivity index (χ2n) is 5.25. The van der Waals surface area contributed by atoms with Gasteiger partial charge in [-0.15, -0.1) is 0 Å². The van der Waals surface area contributed by atoms with E-state index in [4.69, 9.17) is 16.0 Å². The first-order valence-electron chi connectivity index (χ1n) is 6.77. The van der Waals surface area contributed by atoms with Crippen LogP contribution in [0.4, 0.5) is 13.2 Å². The number of benzene rings is 1. The van der Waals surface area contributed by atoms with Crippen molar-refractivity contribution in [3.63, 3.8) is 0 Å². The summed E-state index contributed by atoms with van der Waals surface area (Å²) in [7, 11) is 0.908. The summed E-state index contributed by atoms with van der Waals surface area (Å²) in [6, 6.07) is 3.08. The highest BCUT2D eigenvalue weighted by atomic mass is 35.5. The third-order valence-electron chi connectivity index (χ3n) is 3.59. The fraction of sp³-hybridized carbons (Fsp3) is 0.214. The fourth-order valence-corrected chi connectivity index (χ4v) is 2.71. The predicted molar refractivity (Wildman–Crippen MR) is 81.9 cm³/mol. The summed E-state index contributed by atoms with van der Waals surface area (Å²) in [5.74, 6) is -0.772. The van der Waals surface area contributed by atoms with Gasteiger partial charge in [0.2, 0.25) is 0 Å². The van der Waals surface area contributed by atoms with Gasteiger partial charge in [-0.1, -0.05) is 11.6 Å². The van der Waals surface area contributed by atoms with E-state index >= 15 is 0 Å². The van der Waals surface area contributed by atoms with E-state index in [0.29, 0.717) is 15.2 Å². The summed E-state index contributed by atoms with van der Waals surface area (Å²) in [4.78, 5) is 37.9. The molecule has 2 heterocycles. The molecule has 11 heteroatoms. The average Bonchev–Trinajstić information content (AvgIpc) is 2.86. The number of H-pyrrole nitrogens is 1. The molecular formula is C14H9ClF3N3O4. The number of halogens is 4. The third kappa shape index (κ3) is 3.00. The van der Waals surface area contributed by atoms with Gasteiger partial charge in [0.05, 0.1) is 12.1 Å². The van der Waals surface area contributed by atoms with Gasteiger partial charge in [0.15, 0.2) is 5.58 Å². The van der Waals surface area contributed by atoms with Crippen LogP contribution in [0.3, 0.4) is 0 Å². The maximum absolute atomic E-state index is 12.9. The maximum Gasteiger partial charge on any atom is 0.431 e. The number of aromatic nitrogens is 3. The average molecular weight is 376 g/mol. The van der Waals surface area contributed by atoms with Gasteiger partial charge >= 0.3 is 17.6 Å². The van der Waals surface area contributed by atoms with Gasteiger partial charge in [0, 0.05) is 23.7 Å². The summed E-state index contributed by atoms with van der Waals surface area (Å²) < 4.78 is 44.4. The quantitative estimate of drug-likeness (QED) is 0.738. The van der Waals surface area contributed by atoms with E-state index in [-0.39, 0.29) is 21.7 Å². The van der Waals surface area contributed by atoms with E-state index in [1.165, 1.54) is 12.1 Å². The molecule has 25 heavy (non-hydrogen) atoms. The van der Waals surface area contributed by atoms with Gasteiger partial charge in [-0.05, 0) is 12.1 Å². The number of aromatic amines is 1. The zero-order valence-corrected chi connectivity index (χ0v) is 13.2. The first-order chi connectivity index (χ1) is 11.6. The predicted octanol–water partition coefficient (Wildman–Crippen LogP) is 1.70. The molecule has 3 rings (SSSR count). The second-order valence-corrected chi connectivity index (χ2v) is 5.69. The largest absolute Gasteiger partial charge is 0.431 e. The minimum absolute atomic E-state index is 0.0586. The number of rotatable bonds is 2. The van der Waals surface area contributed by atoms with E-state index in [1.807, 2.05) is 0 Å². The normalized spacial score (nSPS) is 12.0. The van der Waals surface area contributed by atoms with Crippen molar-refractivity contribution >= 4 is 22.7 Å². The lowest BCUT2D eigenvalue weighted by Crippen LogP contribution is -2.41. The highest BCUT2D eigenvalue weighted by molar-refractivity contribution is 6.31. The van der Waals surface area contributed by atoms with E-state index in [2.05, 4.69) is 4.98 Å². The SMILES string of the molecule is Cn1c(C(F)(F)F)cc(=O)n(Cc2cc(Cl)cc3[nH]c(=O)oc23)c1=O. The Hall–Kier alpha value is -2.75. The minimum Gasteiger partial charge on any atom is -0.407 e. The number of alkyl halides is 3. The molecule has 0 aliphatic heterocycles. The molecular weight excluding hydrogens is 367 g/mol. The Bertz CT molecular complexity index is 1150. The molecule has 7 nitrogen and oxygen atoms in total. The molecule has 0 fully saturated rings. The lowest BCUT2D eigenvalue weighted by atomic mass is 10.2. The Kier molecular flexibility index (Phi) is 3.87. The van der Waals surface area contributed by atoms with Gasteiger partial charge in [-0.25, -0.2) is 9.59 Å². The Labute approximate surface area is 140 Å². The Balaban J connectivity index is 2.20. The van der Waals surface area contributed by atoms with Crippen molar-refractivity contribution in [3.8, 4) is 0 Å². The molecule has 0 aliphatic rings. The van der Waals surface area contributed by atoms with Crippen molar-refractivity contribution in [2.45, 2.75) is 12.7 Å². The monoisotopic (exact) mass is 375 g/mol. The molecule has 3 aromatic rings. The second kappa shape index (κ2) is 5.66. The van der Waals surface area contributed by atoms with Crippen molar-refractivity contribution in [3.05, 3.63) is 65.9 Å². The highest BCUT2D eigenvalue weighted by Crippen LogP contribution is 2.27. The number of oxazole rings is 1. The Morgan fingerprint density at radius 2 is 1.88 bits per heavy atom.